The normalized spacial score (nSPS) is 15.1. The van der Waals surface area contributed by atoms with Crippen LogP contribution in [0.1, 0.15) is 36.5 Å². The summed E-state index contributed by atoms with van der Waals surface area (Å²) in [6, 6.07) is 7.23. The van der Waals surface area contributed by atoms with Crippen LogP contribution in [0.5, 0.6) is 0 Å². The first-order chi connectivity index (χ1) is 8.69. The van der Waals surface area contributed by atoms with Crippen LogP contribution in [0.15, 0.2) is 24.3 Å². The first-order valence-corrected chi connectivity index (χ1v) is 7.08. The molecule has 0 spiro atoms. The molecule has 2 rings (SSSR count). The topological polar surface area (TPSA) is 20.3 Å². The Morgan fingerprint density at radius 3 is 2.83 bits per heavy atom. The van der Waals surface area contributed by atoms with Gasteiger partial charge >= 0.3 is 0 Å². The van der Waals surface area contributed by atoms with Crippen LogP contribution in [-0.4, -0.2) is 30.3 Å². The maximum absolute atomic E-state index is 12.2. The Morgan fingerprint density at radius 2 is 2.22 bits per heavy atom. The zero-order valence-electron chi connectivity index (χ0n) is 10.9. The lowest BCUT2D eigenvalue weighted by molar-refractivity contribution is 0.0927. The molecule has 2 nitrogen and oxygen atoms in total. The molecule has 1 fully saturated rings. The number of nitrogens with zero attached hydrogens (tertiary/aromatic N) is 1. The third kappa shape index (κ3) is 4.11. The zero-order valence-corrected chi connectivity index (χ0v) is 11.6. The fourth-order valence-corrected chi connectivity index (χ4v) is 2.36. The molecule has 0 saturated heterocycles. The van der Waals surface area contributed by atoms with Gasteiger partial charge in [-0.2, -0.15) is 0 Å². The molecule has 0 heterocycles. The standard InChI is InChI=1S/C15H20ClNO/c1-2-8-17(10-12-6-7-12)11-15(18)13-4-3-5-14(16)9-13/h3-5,9,12H,2,6-8,10-11H2,1H3. The first kappa shape index (κ1) is 13.6. The van der Waals surface area contributed by atoms with E-state index in [4.69, 9.17) is 11.6 Å². The number of hydrogen-bond donors (Lipinski definition) is 0. The SMILES string of the molecule is CCCN(CC(=O)c1cccc(Cl)c1)CC1CC1. The predicted molar refractivity (Wildman–Crippen MR) is 75.2 cm³/mol. The molecule has 18 heavy (non-hydrogen) atoms. The van der Waals surface area contributed by atoms with Gasteiger partial charge in [-0.15, -0.1) is 0 Å². The van der Waals surface area contributed by atoms with Gasteiger partial charge in [0.25, 0.3) is 0 Å². The summed E-state index contributed by atoms with van der Waals surface area (Å²) >= 11 is 5.92. The van der Waals surface area contributed by atoms with Crippen molar-refractivity contribution in [3.8, 4) is 0 Å². The highest BCUT2D eigenvalue weighted by atomic mass is 35.5. The van der Waals surface area contributed by atoms with Crippen molar-refractivity contribution in [2.45, 2.75) is 26.2 Å². The number of Topliss-reactive ketones (excluding diaryl/α,β-unsaturated/α-hetero) is 1. The number of hydrogen-bond acceptors (Lipinski definition) is 2. The van der Waals surface area contributed by atoms with E-state index in [2.05, 4.69) is 11.8 Å². The highest BCUT2D eigenvalue weighted by Gasteiger charge is 2.25. The molecule has 1 saturated carbocycles. The third-order valence-electron chi connectivity index (χ3n) is 3.27. The number of ketones is 1. The number of carbonyl (C=O) groups excluding carboxylic acids is 1. The van der Waals surface area contributed by atoms with E-state index in [9.17, 15) is 4.79 Å². The fourth-order valence-electron chi connectivity index (χ4n) is 2.17. The Morgan fingerprint density at radius 1 is 1.44 bits per heavy atom. The van der Waals surface area contributed by atoms with E-state index in [-0.39, 0.29) is 5.78 Å². The Hall–Kier alpha value is -0.860. The van der Waals surface area contributed by atoms with Crippen molar-refractivity contribution in [1.29, 1.82) is 0 Å². The Labute approximate surface area is 114 Å². The van der Waals surface area contributed by atoms with Crippen molar-refractivity contribution in [3.63, 3.8) is 0 Å². The van der Waals surface area contributed by atoms with Crippen molar-refractivity contribution in [1.82, 2.24) is 4.90 Å². The van der Waals surface area contributed by atoms with Gasteiger partial charge in [-0.3, -0.25) is 9.69 Å². The van der Waals surface area contributed by atoms with Gasteiger partial charge in [-0.05, 0) is 43.9 Å². The van der Waals surface area contributed by atoms with E-state index in [1.165, 1.54) is 12.8 Å². The molecule has 0 aromatic heterocycles. The monoisotopic (exact) mass is 265 g/mol. The van der Waals surface area contributed by atoms with Gasteiger partial charge in [0.1, 0.15) is 0 Å². The number of halogens is 1. The summed E-state index contributed by atoms with van der Waals surface area (Å²) in [5.41, 5.74) is 0.722. The van der Waals surface area contributed by atoms with Gasteiger partial charge in [0.2, 0.25) is 0 Å². The quantitative estimate of drug-likeness (QED) is 0.702. The largest absolute Gasteiger partial charge is 0.296 e. The summed E-state index contributed by atoms with van der Waals surface area (Å²) in [7, 11) is 0. The molecule has 1 aromatic carbocycles. The van der Waals surface area contributed by atoms with E-state index in [1.54, 1.807) is 12.1 Å². The summed E-state index contributed by atoms with van der Waals surface area (Å²) < 4.78 is 0. The fraction of sp³-hybridized carbons (Fsp3) is 0.533. The van der Waals surface area contributed by atoms with Crippen LogP contribution in [-0.2, 0) is 0 Å². The second-order valence-corrected chi connectivity index (χ2v) is 5.55. The van der Waals surface area contributed by atoms with Crippen LogP contribution >= 0.6 is 11.6 Å². The van der Waals surface area contributed by atoms with Gasteiger partial charge in [0, 0.05) is 17.1 Å². The van der Waals surface area contributed by atoms with E-state index in [0.29, 0.717) is 11.6 Å². The molecule has 3 heteroatoms. The third-order valence-corrected chi connectivity index (χ3v) is 3.50. The minimum atomic E-state index is 0.173. The van der Waals surface area contributed by atoms with Crippen molar-refractivity contribution in [3.05, 3.63) is 34.9 Å². The van der Waals surface area contributed by atoms with Crippen molar-refractivity contribution >= 4 is 17.4 Å². The van der Waals surface area contributed by atoms with Crippen LogP contribution in [0.4, 0.5) is 0 Å². The molecule has 0 atom stereocenters. The second kappa shape index (κ2) is 6.35. The highest BCUT2D eigenvalue weighted by Crippen LogP contribution is 2.29. The lowest BCUT2D eigenvalue weighted by Crippen LogP contribution is -2.32. The maximum Gasteiger partial charge on any atom is 0.176 e. The molecular weight excluding hydrogens is 246 g/mol. The van der Waals surface area contributed by atoms with Crippen LogP contribution < -0.4 is 0 Å². The molecule has 98 valence electrons. The Kier molecular flexibility index (Phi) is 4.79. The summed E-state index contributed by atoms with van der Waals surface area (Å²) in [6.45, 7) is 4.75. The van der Waals surface area contributed by atoms with E-state index in [1.807, 2.05) is 12.1 Å². The van der Waals surface area contributed by atoms with Crippen LogP contribution in [0, 0.1) is 5.92 Å². The molecule has 0 N–H and O–H groups in total. The van der Waals surface area contributed by atoms with Gasteiger partial charge < -0.3 is 0 Å². The van der Waals surface area contributed by atoms with Crippen molar-refractivity contribution in [2.75, 3.05) is 19.6 Å². The predicted octanol–water partition coefficient (Wildman–Crippen LogP) is 3.64. The van der Waals surface area contributed by atoms with Crippen LogP contribution in [0.2, 0.25) is 5.02 Å². The van der Waals surface area contributed by atoms with Crippen molar-refractivity contribution in [2.24, 2.45) is 5.92 Å². The minimum Gasteiger partial charge on any atom is -0.296 e. The average molecular weight is 266 g/mol. The first-order valence-electron chi connectivity index (χ1n) is 6.70. The Balaban J connectivity index is 1.94. The summed E-state index contributed by atoms with van der Waals surface area (Å²) in [5, 5.41) is 0.630. The maximum atomic E-state index is 12.2. The molecule has 1 aliphatic carbocycles. The molecule has 0 bridgehead atoms. The van der Waals surface area contributed by atoms with Crippen LogP contribution in [0.3, 0.4) is 0 Å². The average Bonchev–Trinajstić information content (AvgIpc) is 3.13. The van der Waals surface area contributed by atoms with Gasteiger partial charge in [-0.1, -0.05) is 30.7 Å². The lowest BCUT2D eigenvalue weighted by Gasteiger charge is -2.20. The zero-order chi connectivity index (χ0) is 13.0. The van der Waals surface area contributed by atoms with Crippen LogP contribution in [0.25, 0.3) is 0 Å². The summed E-state index contributed by atoms with van der Waals surface area (Å²) in [6.07, 6.45) is 3.74. The number of benzene rings is 1. The Bertz CT molecular complexity index is 415. The highest BCUT2D eigenvalue weighted by molar-refractivity contribution is 6.31. The van der Waals surface area contributed by atoms with E-state index >= 15 is 0 Å². The molecule has 1 aromatic rings. The molecule has 1 aliphatic rings. The molecule has 0 aliphatic heterocycles. The molecular formula is C15H20ClNO. The summed E-state index contributed by atoms with van der Waals surface area (Å²) in [5.74, 6) is 0.996. The minimum absolute atomic E-state index is 0.173. The number of rotatable bonds is 7. The molecule has 0 unspecified atom stereocenters. The van der Waals surface area contributed by atoms with E-state index in [0.717, 1.165) is 31.0 Å². The van der Waals surface area contributed by atoms with Crippen molar-refractivity contribution < 1.29 is 4.79 Å². The molecule has 0 radical (unpaired) electrons. The van der Waals surface area contributed by atoms with Gasteiger partial charge in [-0.25, -0.2) is 0 Å². The van der Waals surface area contributed by atoms with E-state index < -0.39 is 0 Å². The van der Waals surface area contributed by atoms with Gasteiger partial charge in [0.15, 0.2) is 5.78 Å². The second-order valence-electron chi connectivity index (χ2n) is 5.11. The molecule has 0 amide bonds. The number of carbonyl (C=O) groups is 1. The summed E-state index contributed by atoms with van der Waals surface area (Å²) in [4.78, 5) is 14.5. The lowest BCUT2D eigenvalue weighted by atomic mass is 10.1. The van der Waals surface area contributed by atoms with Gasteiger partial charge in [0.05, 0.1) is 6.54 Å². The smallest absolute Gasteiger partial charge is 0.176 e.